The van der Waals surface area contributed by atoms with Gasteiger partial charge in [0.05, 0.1) is 6.42 Å². The first-order chi connectivity index (χ1) is 18.4. The van der Waals surface area contributed by atoms with Crippen LogP contribution in [-0.4, -0.2) is 33.0 Å². The number of imide groups is 1. The van der Waals surface area contributed by atoms with Crippen LogP contribution in [0.1, 0.15) is 11.4 Å². The molecule has 0 saturated carbocycles. The molecule has 2 aromatic carbocycles. The molecule has 194 valence electrons. The van der Waals surface area contributed by atoms with Crippen molar-refractivity contribution in [1.29, 1.82) is 0 Å². The maximum atomic E-state index is 14.7. The number of carbonyl (C=O) groups is 2. The number of benzene rings is 2. The third kappa shape index (κ3) is 7.23. The van der Waals surface area contributed by atoms with Crippen LogP contribution >= 0.6 is 0 Å². The highest BCUT2D eigenvalue weighted by atomic mass is 19.1. The highest BCUT2D eigenvalue weighted by molar-refractivity contribution is 6.01. The van der Waals surface area contributed by atoms with Crippen molar-refractivity contribution in [3.63, 3.8) is 0 Å². The number of imidazole rings is 1. The van der Waals surface area contributed by atoms with Gasteiger partial charge >= 0.3 is 6.03 Å². The third-order valence-corrected chi connectivity index (χ3v) is 5.27. The van der Waals surface area contributed by atoms with Crippen molar-refractivity contribution in [2.24, 2.45) is 0 Å². The first kappa shape index (κ1) is 26.0. The zero-order valence-electron chi connectivity index (χ0n) is 20.2. The molecule has 0 spiro atoms. The topological polar surface area (TPSA) is 110 Å². The SMILES string of the molecule is C=Cc1nccn1CCNc1cc(Oc2ccc(NC(=O)NC(=O)Cc3ccc(F)cc3)cc2F)ccn1. The second kappa shape index (κ2) is 12.3. The van der Waals surface area contributed by atoms with Crippen molar-refractivity contribution in [3.8, 4) is 11.5 Å². The molecule has 11 heteroatoms. The molecular formula is C27H24F2N6O3. The lowest BCUT2D eigenvalue weighted by Gasteiger charge is -2.11. The van der Waals surface area contributed by atoms with E-state index in [9.17, 15) is 18.4 Å². The van der Waals surface area contributed by atoms with Gasteiger partial charge in [-0.25, -0.2) is 23.5 Å². The molecule has 0 aliphatic rings. The maximum Gasteiger partial charge on any atom is 0.325 e. The fourth-order valence-corrected chi connectivity index (χ4v) is 3.48. The summed E-state index contributed by atoms with van der Waals surface area (Å²) >= 11 is 0. The van der Waals surface area contributed by atoms with Crippen LogP contribution in [-0.2, 0) is 17.8 Å². The fraction of sp³-hybridized carbons (Fsp3) is 0.111. The summed E-state index contributed by atoms with van der Waals surface area (Å²) < 4.78 is 35.2. The number of amides is 3. The van der Waals surface area contributed by atoms with E-state index in [1.807, 2.05) is 10.8 Å². The molecular weight excluding hydrogens is 494 g/mol. The second-order valence-corrected chi connectivity index (χ2v) is 8.04. The minimum absolute atomic E-state index is 0.0606. The van der Waals surface area contributed by atoms with Crippen LogP contribution in [0.5, 0.6) is 11.5 Å². The summed E-state index contributed by atoms with van der Waals surface area (Å²) in [6.45, 7) is 4.93. The Labute approximate surface area is 217 Å². The number of anilines is 2. The van der Waals surface area contributed by atoms with Gasteiger partial charge in [-0.1, -0.05) is 18.7 Å². The van der Waals surface area contributed by atoms with Crippen molar-refractivity contribution in [1.82, 2.24) is 19.9 Å². The summed E-state index contributed by atoms with van der Waals surface area (Å²) in [7, 11) is 0. The molecule has 2 aromatic heterocycles. The molecule has 0 saturated heterocycles. The fourth-order valence-electron chi connectivity index (χ4n) is 3.48. The molecule has 0 aliphatic carbocycles. The number of hydrogen-bond acceptors (Lipinski definition) is 6. The molecule has 4 rings (SSSR count). The Morgan fingerprint density at radius 3 is 2.61 bits per heavy atom. The zero-order chi connectivity index (χ0) is 26.9. The van der Waals surface area contributed by atoms with Gasteiger partial charge < -0.3 is 19.9 Å². The molecule has 0 atom stereocenters. The summed E-state index contributed by atoms with van der Waals surface area (Å²) in [4.78, 5) is 32.5. The number of pyridine rings is 1. The molecule has 3 amide bonds. The Bertz CT molecular complexity index is 1440. The Hall–Kier alpha value is -5.06. The molecule has 0 radical (unpaired) electrons. The van der Waals surface area contributed by atoms with Gasteiger partial charge in [0.25, 0.3) is 0 Å². The monoisotopic (exact) mass is 518 g/mol. The molecule has 0 fully saturated rings. The zero-order valence-corrected chi connectivity index (χ0v) is 20.2. The summed E-state index contributed by atoms with van der Waals surface area (Å²) in [5, 5.41) is 7.71. The van der Waals surface area contributed by atoms with E-state index in [0.717, 1.165) is 11.9 Å². The number of carbonyl (C=O) groups excluding carboxylic acids is 2. The van der Waals surface area contributed by atoms with Crippen molar-refractivity contribution in [3.05, 3.63) is 103 Å². The first-order valence-corrected chi connectivity index (χ1v) is 11.6. The van der Waals surface area contributed by atoms with Crippen LogP contribution < -0.4 is 20.7 Å². The van der Waals surface area contributed by atoms with E-state index in [4.69, 9.17) is 4.74 Å². The molecule has 3 N–H and O–H groups in total. The summed E-state index contributed by atoms with van der Waals surface area (Å²) in [6.07, 6.45) is 6.63. The van der Waals surface area contributed by atoms with Crippen LogP contribution in [0.25, 0.3) is 6.08 Å². The molecule has 0 aliphatic heterocycles. The lowest BCUT2D eigenvalue weighted by atomic mass is 10.1. The van der Waals surface area contributed by atoms with Gasteiger partial charge in [0.1, 0.15) is 23.2 Å². The maximum absolute atomic E-state index is 14.7. The van der Waals surface area contributed by atoms with Crippen LogP contribution in [0, 0.1) is 11.6 Å². The summed E-state index contributed by atoms with van der Waals surface area (Å²) in [5.74, 6) is -0.129. The Morgan fingerprint density at radius 2 is 1.84 bits per heavy atom. The quantitative estimate of drug-likeness (QED) is 0.273. The van der Waals surface area contributed by atoms with Gasteiger partial charge in [-0.05, 0) is 42.0 Å². The van der Waals surface area contributed by atoms with Crippen molar-refractivity contribution in [2.75, 3.05) is 17.2 Å². The molecule has 38 heavy (non-hydrogen) atoms. The standard InChI is InChI=1S/C27H24F2N6O3/c1-2-25-32-12-14-35(25)13-11-31-24-17-21(9-10-30-24)38-23-8-7-20(16-22(23)29)33-27(37)34-26(36)15-18-3-5-19(28)6-4-18/h2-10,12,14,16-17H,1,11,13,15H2,(H,30,31)(H2,33,34,36,37). The van der Waals surface area contributed by atoms with Crippen LogP contribution in [0.15, 0.2) is 79.8 Å². The van der Waals surface area contributed by atoms with Gasteiger partial charge in [-0.3, -0.25) is 10.1 Å². The highest BCUT2D eigenvalue weighted by Gasteiger charge is 2.12. The Kier molecular flexibility index (Phi) is 8.39. The van der Waals surface area contributed by atoms with Gasteiger partial charge in [0, 0.05) is 49.5 Å². The average Bonchev–Trinajstić information content (AvgIpc) is 3.35. The summed E-state index contributed by atoms with van der Waals surface area (Å²) in [5.41, 5.74) is 0.663. The minimum Gasteiger partial charge on any atom is -0.454 e. The number of urea groups is 1. The van der Waals surface area contributed by atoms with Gasteiger partial charge in [-0.2, -0.15) is 0 Å². The number of hydrogen-bond donors (Lipinski definition) is 3. The van der Waals surface area contributed by atoms with Crippen LogP contribution in [0.2, 0.25) is 0 Å². The third-order valence-electron chi connectivity index (χ3n) is 5.27. The molecule has 0 unspecified atom stereocenters. The number of nitrogens with one attached hydrogen (secondary N) is 3. The van der Waals surface area contributed by atoms with E-state index in [1.165, 1.54) is 42.6 Å². The van der Waals surface area contributed by atoms with E-state index in [1.54, 1.807) is 24.4 Å². The second-order valence-electron chi connectivity index (χ2n) is 8.04. The minimum atomic E-state index is -0.828. The number of halogens is 2. The number of ether oxygens (including phenoxy) is 1. The predicted molar refractivity (Wildman–Crippen MR) is 139 cm³/mol. The van der Waals surface area contributed by atoms with E-state index >= 15 is 0 Å². The van der Waals surface area contributed by atoms with E-state index in [-0.39, 0.29) is 17.9 Å². The van der Waals surface area contributed by atoms with E-state index in [0.29, 0.717) is 30.2 Å². The highest BCUT2D eigenvalue weighted by Crippen LogP contribution is 2.27. The molecule has 0 bridgehead atoms. The number of aromatic nitrogens is 3. The van der Waals surface area contributed by atoms with Crippen LogP contribution in [0.3, 0.4) is 0 Å². The number of rotatable bonds is 10. The molecule has 4 aromatic rings. The normalized spacial score (nSPS) is 10.5. The van der Waals surface area contributed by atoms with Gasteiger partial charge in [-0.15, -0.1) is 0 Å². The number of nitrogens with zero attached hydrogens (tertiary/aromatic N) is 3. The lowest BCUT2D eigenvalue weighted by molar-refractivity contribution is -0.119. The molecule has 9 nitrogen and oxygen atoms in total. The van der Waals surface area contributed by atoms with Gasteiger partial charge in [0.15, 0.2) is 11.6 Å². The molecule has 2 heterocycles. The Morgan fingerprint density at radius 1 is 1.03 bits per heavy atom. The summed E-state index contributed by atoms with van der Waals surface area (Å²) in [6, 6.07) is 11.6. The van der Waals surface area contributed by atoms with E-state index < -0.39 is 23.6 Å². The average molecular weight is 519 g/mol. The lowest BCUT2D eigenvalue weighted by Crippen LogP contribution is -2.35. The smallest absolute Gasteiger partial charge is 0.325 e. The largest absolute Gasteiger partial charge is 0.454 e. The van der Waals surface area contributed by atoms with E-state index in [2.05, 4.69) is 32.5 Å². The van der Waals surface area contributed by atoms with Crippen molar-refractivity contribution in [2.45, 2.75) is 13.0 Å². The van der Waals surface area contributed by atoms with Crippen LogP contribution in [0.4, 0.5) is 25.1 Å². The first-order valence-electron chi connectivity index (χ1n) is 11.6. The van der Waals surface area contributed by atoms with Gasteiger partial charge in [0.2, 0.25) is 5.91 Å². The van der Waals surface area contributed by atoms with Crippen molar-refractivity contribution >= 4 is 29.5 Å². The predicted octanol–water partition coefficient (Wildman–Crippen LogP) is 4.99. The van der Waals surface area contributed by atoms with Crippen molar-refractivity contribution < 1.29 is 23.1 Å². The Balaban J connectivity index is 1.29.